The van der Waals surface area contributed by atoms with E-state index in [1.807, 2.05) is 6.07 Å². The molecule has 3 heteroatoms. The van der Waals surface area contributed by atoms with Gasteiger partial charge >= 0.3 is 0 Å². The highest BCUT2D eigenvalue weighted by Crippen LogP contribution is 2.07. The SMILES string of the molecule is CCC(CCCl)NC(=O)CCc1cccc(C)c1. The van der Waals surface area contributed by atoms with Gasteiger partial charge in [-0.05, 0) is 31.7 Å². The molecule has 0 aliphatic heterocycles. The monoisotopic (exact) mass is 267 g/mol. The number of hydrogen-bond donors (Lipinski definition) is 1. The predicted octanol–water partition coefficient (Wildman–Crippen LogP) is 3.45. The quantitative estimate of drug-likeness (QED) is 0.754. The molecule has 0 bridgehead atoms. The van der Waals surface area contributed by atoms with E-state index in [4.69, 9.17) is 11.6 Å². The number of nitrogens with one attached hydrogen (secondary N) is 1. The molecule has 0 radical (unpaired) electrons. The molecule has 18 heavy (non-hydrogen) atoms. The van der Waals surface area contributed by atoms with Gasteiger partial charge in [-0.2, -0.15) is 0 Å². The molecule has 0 aliphatic carbocycles. The zero-order valence-electron chi connectivity index (χ0n) is 11.2. The summed E-state index contributed by atoms with van der Waals surface area (Å²) >= 11 is 5.70. The molecule has 0 aromatic heterocycles. The Morgan fingerprint density at radius 3 is 2.83 bits per heavy atom. The first-order chi connectivity index (χ1) is 8.65. The van der Waals surface area contributed by atoms with Gasteiger partial charge in [0.1, 0.15) is 0 Å². The first-order valence-electron chi connectivity index (χ1n) is 6.56. The first-order valence-corrected chi connectivity index (χ1v) is 7.10. The van der Waals surface area contributed by atoms with Crippen molar-refractivity contribution in [1.29, 1.82) is 0 Å². The Kier molecular flexibility index (Phi) is 6.81. The van der Waals surface area contributed by atoms with Gasteiger partial charge in [-0.1, -0.05) is 36.8 Å². The number of alkyl halides is 1. The maximum absolute atomic E-state index is 11.8. The summed E-state index contributed by atoms with van der Waals surface area (Å²) in [5.41, 5.74) is 2.46. The van der Waals surface area contributed by atoms with E-state index in [9.17, 15) is 4.79 Å². The van der Waals surface area contributed by atoms with Crippen molar-refractivity contribution in [3.63, 3.8) is 0 Å². The molecule has 1 atom stereocenters. The molecule has 0 saturated carbocycles. The van der Waals surface area contributed by atoms with Crippen LogP contribution in [-0.2, 0) is 11.2 Å². The molecule has 1 aromatic rings. The lowest BCUT2D eigenvalue weighted by atomic mass is 10.1. The summed E-state index contributed by atoms with van der Waals surface area (Å²) < 4.78 is 0. The summed E-state index contributed by atoms with van der Waals surface area (Å²) in [5, 5.41) is 3.03. The van der Waals surface area contributed by atoms with Crippen molar-refractivity contribution in [2.24, 2.45) is 0 Å². The predicted molar refractivity (Wildman–Crippen MR) is 77.1 cm³/mol. The summed E-state index contributed by atoms with van der Waals surface area (Å²) in [5.74, 6) is 0.713. The fourth-order valence-electron chi connectivity index (χ4n) is 1.94. The zero-order valence-corrected chi connectivity index (χ0v) is 12.0. The van der Waals surface area contributed by atoms with Gasteiger partial charge in [-0.25, -0.2) is 0 Å². The van der Waals surface area contributed by atoms with Crippen molar-refractivity contribution in [2.75, 3.05) is 5.88 Å². The Labute approximate surface area is 115 Å². The van der Waals surface area contributed by atoms with Crippen LogP contribution in [0.15, 0.2) is 24.3 Å². The minimum Gasteiger partial charge on any atom is -0.353 e. The smallest absolute Gasteiger partial charge is 0.220 e. The van der Waals surface area contributed by atoms with E-state index in [2.05, 4.69) is 37.4 Å². The maximum Gasteiger partial charge on any atom is 0.220 e. The van der Waals surface area contributed by atoms with E-state index in [1.54, 1.807) is 0 Å². The van der Waals surface area contributed by atoms with Crippen molar-refractivity contribution in [3.8, 4) is 0 Å². The Balaban J connectivity index is 2.36. The standard InChI is InChI=1S/C15H22ClNO/c1-3-14(9-10-16)17-15(18)8-7-13-6-4-5-12(2)11-13/h4-6,11,14H,3,7-10H2,1-2H3,(H,17,18). The third-order valence-corrected chi connectivity index (χ3v) is 3.26. The number of hydrogen-bond acceptors (Lipinski definition) is 1. The van der Waals surface area contributed by atoms with Crippen LogP contribution in [0.5, 0.6) is 0 Å². The van der Waals surface area contributed by atoms with Crippen LogP contribution in [0.3, 0.4) is 0 Å². The van der Waals surface area contributed by atoms with Crippen LogP contribution in [0.4, 0.5) is 0 Å². The van der Waals surface area contributed by atoms with Crippen LogP contribution in [0.1, 0.15) is 37.3 Å². The number of carbonyl (C=O) groups is 1. The van der Waals surface area contributed by atoms with Gasteiger partial charge in [0.05, 0.1) is 0 Å². The summed E-state index contributed by atoms with van der Waals surface area (Å²) in [6.45, 7) is 4.13. The van der Waals surface area contributed by atoms with Gasteiger partial charge in [-0.15, -0.1) is 11.6 Å². The summed E-state index contributed by atoms with van der Waals surface area (Å²) in [6, 6.07) is 8.51. The lowest BCUT2D eigenvalue weighted by Crippen LogP contribution is -2.34. The van der Waals surface area contributed by atoms with Crippen molar-refractivity contribution >= 4 is 17.5 Å². The van der Waals surface area contributed by atoms with Gasteiger partial charge in [-0.3, -0.25) is 4.79 Å². The number of rotatable bonds is 7. The number of benzene rings is 1. The summed E-state index contributed by atoms with van der Waals surface area (Å²) in [4.78, 5) is 11.8. The van der Waals surface area contributed by atoms with Gasteiger partial charge in [0.2, 0.25) is 5.91 Å². The fourth-order valence-corrected chi connectivity index (χ4v) is 2.20. The van der Waals surface area contributed by atoms with Crippen LogP contribution in [0, 0.1) is 6.92 Å². The van der Waals surface area contributed by atoms with Crippen molar-refractivity contribution in [3.05, 3.63) is 35.4 Å². The molecule has 1 amide bonds. The maximum atomic E-state index is 11.8. The average molecular weight is 268 g/mol. The second kappa shape index (κ2) is 8.15. The fraction of sp³-hybridized carbons (Fsp3) is 0.533. The number of carbonyl (C=O) groups excluding carboxylic acids is 1. The summed E-state index contributed by atoms with van der Waals surface area (Å²) in [6.07, 6.45) is 3.12. The second-order valence-electron chi connectivity index (χ2n) is 4.64. The van der Waals surface area contributed by atoms with Gasteiger partial charge < -0.3 is 5.32 Å². The molecule has 1 rings (SSSR count). The van der Waals surface area contributed by atoms with Crippen LogP contribution in [0.25, 0.3) is 0 Å². The molecule has 1 N–H and O–H groups in total. The minimum atomic E-state index is 0.119. The topological polar surface area (TPSA) is 29.1 Å². The molecule has 0 spiro atoms. The normalized spacial score (nSPS) is 12.2. The third-order valence-electron chi connectivity index (χ3n) is 3.04. The number of amides is 1. The van der Waals surface area contributed by atoms with Crippen LogP contribution >= 0.6 is 11.6 Å². The van der Waals surface area contributed by atoms with Crippen molar-refractivity contribution < 1.29 is 4.79 Å². The molecule has 0 heterocycles. The van der Waals surface area contributed by atoms with E-state index in [1.165, 1.54) is 11.1 Å². The molecule has 0 aliphatic rings. The van der Waals surface area contributed by atoms with Crippen LogP contribution in [-0.4, -0.2) is 17.8 Å². The highest BCUT2D eigenvalue weighted by molar-refractivity contribution is 6.17. The first kappa shape index (κ1) is 15.0. The lowest BCUT2D eigenvalue weighted by molar-refractivity contribution is -0.121. The lowest BCUT2D eigenvalue weighted by Gasteiger charge is -2.15. The van der Waals surface area contributed by atoms with E-state index in [-0.39, 0.29) is 11.9 Å². The van der Waals surface area contributed by atoms with Crippen LogP contribution < -0.4 is 5.32 Å². The molecular weight excluding hydrogens is 246 g/mol. The Hall–Kier alpha value is -1.02. The Bertz CT molecular complexity index is 379. The largest absolute Gasteiger partial charge is 0.353 e. The zero-order chi connectivity index (χ0) is 13.4. The summed E-state index contributed by atoms with van der Waals surface area (Å²) in [7, 11) is 0. The van der Waals surface area contributed by atoms with Gasteiger partial charge in [0, 0.05) is 18.3 Å². The highest BCUT2D eigenvalue weighted by atomic mass is 35.5. The molecule has 0 saturated heterocycles. The molecular formula is C15H22ClNO. The van der Waals surface area contributed by atoms with Crippen LogP contribution in [0.2, 0.25) is 0 Å². The Morgan fingerprint density at radius 1 is 1.44 bits per heavy atom. The number of aryl methyl sites for hydroxylation is 2. The molecule has 0 fully saturated rings. The second-order valence-corrected chi connectivity index (χ2v) is 5.02. The Morgan fingerprint density at radius 2 is 2.22 bits per heavy atom. The third kappa shape index (κ3) is 5.54. The highest BCUT2D eigenvalue weighted by Gasteiger charge is 2.09. The van der Waals surface area contributed by atoms with Crippen molar-refractivity contribution in [1.82, 2.24) is 5.32 Å². The van der Waals surface area contributed by atoms with E-state index in [0.717, 1.165) is 19.3 Å². The van der Waals surface area contributed by atoms with Crippen molar-refractivity contribution in [2.45, 2.75) is 45.6 Å². The van der Waals surface area contributed by atoms with E-state index < -0.39 is 0 Å². The number of halogens is 1. The molecule has 1 unspecified atom stereocenters. The minimum absolute atomic E-state index is 0.119. The molecule has 1 aromatic carbocycles. The average Bonchev–Trinajstić information content (AvgIpc) is 2.36. The molecule has 2 nitrogen and oxygen atoms in total. The molecule has 100 valence electrons. The van der Waals surface area contributed by atoms with Gasteiger partial charge in [0.15, 0.2) is 0 Å². The van der Waals surface area contributed by atoms with E-state index in [0.29, 0.717) is 12.3 Å². The van der Waals surface area contributed by atoms with Gasteiger partial charge in [0.25, 0.3) is 0 Å². The van der Waals surface area contributed by atoms with E-state index >= 15 is 0 Å².